The Hall–Kier alpha value is -2.34. The summed E-state index contributed by atoms with van der Waals surface area (Å²) in [5, 5.41) is 2.82. The fraction of sp³-hybridized carbons (Fsp3) is 0.316. The van der Waals surface area contributed by atoms with Gasteiger partial charge < -0.3 is 5.32 Å². The molecule has 1 N–H and O–H groups in total. The maximum atomic E-state index is 12.5. The standard InChI is InChI=1S/C19H24N2O3S/c1-5-16-8-6-7-9-17(16)20-19(22)13-21(25(4,23)24)18-12-14(2)10-11-15(18)3/h6-12H,5,13H2,1-4H3,(H,20,22). The van der Waals surface area contributed by atoms with E-state index in [1.807, 2.05) is 57.2 Å². The summed E-state index contributed by atoms with van der Waals surface area (Å²) in [5.41, 5.74) is 3.99. The summed E-state index contributed by atoms with van der Waals surface area (Å²) in [6.07, 6.45) is 1.89. The van der Waals surface area contributed by atoms with Gasteiger partial charge in [-0.25, -0.2) is 8.42 Å². The predicted octanol–water partition coefficient (Wildman–Crippen LogP) is 3.27. The van der Waals surface area contributed by atoms with E-state index in [1.165, 1.54) is 0 Å². The molecule has 2 aromatic carbocycles. The lowest BCUT2D eigenvalue weighted by Gasteiger charge is -2.24. The van der Waals surface area contributed by atoms with Crippen LogP contribution in [0, 0.1) is 13.8 Å². The minimum atomic E-state index is -3.59. The number of carbonyl (C=O) groups is 1. The maximum absolute atomic E-state index is 12.5. The average Bonchev–Trinajstić information content (AvgIpc) is 2.54. The van der Waals surface area contributed by atoms with Gasteiger partial charge in [0.2, 0.25) is 15.9 Å². The van der Waals surface area contributed by atoms with Gasteiger partial charge in [0.1, 0.15) is 6.54 Å². The summed E-state index contributed by atoms with van der Waals surface area (Å²) in [6, 6.07) is 13.1. The molecule has 1 amide bonds. The number of nitrogens with one attached hydrogen (secondary N) is 1. The van der Waals surface area contributed by atoms with E-state index >= 15 is 0 Å². The first-order valence-corrected chi connectivity index (χ1v) is 10.00. The number of sulfonamides is 1. The van der Waals surface area contributed by atoms with Gasteiger partial charge in [0.15, 0.2) is 0 Å². The molecule has 5 nitrogen and oxygen atoms in total. The molecule has 25 heavy (non-hydrogen) atoms. The Morgan fingerprint density at radius 2 is 1.80 bits per heavy atom. The van der Waals surface area contributed by atoms with E-state index in [-0.39, 0.29) is 12.5 Å². The van der Waals surface area contributed by atoms with Crippen molar-refractivity contribution in [2.24, 2.45) is 0 Å². The first-order chi connectivity index (χ1) is 11.7. The normalized spacial score (nSPS) is 11.2. The smallest absolute Gasteiger partial charge is 0.245 e. The van der Waals surface area contributed by atoms with Crippen LogP contribution in [0.3, 0.4) is 0 Å². The maximum Gasteiger partial charge on any atom is 0.245 e. The zero-order chi connectivity index (χ0) is 18.6. The lowest BCUT2D eigenvalue weighted by Crippen LogP contribution is -2.38. The zero-order valence-electron chi connectivity index (χ0n) is 15.0. The van der Waals surface area contributed by atoms with Crippen molar-refractivity contribution in [2.45, 2.75) is 27.2 Å². The van der Waals surface area contributed by atoms with Crippen molar-refractivity contribution in [3.05, 3.63) is 59.2 Å². The molecule has 2 aromatic rings. The molecule has 0 aliphatic carbocycles. The summed E-state index contributed by atoms with van der Waals surface area (Å²) in [4.78, 5) is 12.5. The second-order valence-corrected chi connectivity index (χ2v) is 8.03. The Labute approximate surface area is 149 Å². The van der Waals surface area contributed by atoms with E-state index in [9.17, 15) is 13.2 Å². The van der Waals surface area contributed by atoms with Gasteiger partial charge in [0, 0.05) is 5.69 Å². The van der Waals surface area contributed by atoms with Crippen LogP contribution in [0.25, 0.3) is 0 Å². The van der Waals surface area contributed by atoms with Crippen molar-refractivity contribution in [1.82, 2.24) is 0 Å². The Morgan fingerprint density at radius 3 is 2.44 bits per heavy atom. The van der Waals surface area contributed by atoms with E-state index < -0.39 is 10.0 Å². The van der Waals surface area contributed by atoms with E-state index in [2.05, 4.69) is 5.32 Å². The van der Waals surface area contributed by atoms with Crippen LogP contribution in [-0.2, 0) is 21.2 Å². The average molecular weight is 360 g/mol. The number of benzene rings is 2. The zero-order valence-corrected chi connectivity index (χ0v) is 15.9. The molecule has 0 spiro atoms. The van der Waals surface area contributed by atoms with Crippen LogP contribution in [0.5, 0.6) is 0 Å². The van der Waals surface area contributed by atoms with Crippen molar-refractivity contribution >= 4 is 27.3 Å². The third-order valence-corrected chi connectivity index (χ3v) is 5.12. The Kier molecular flexibility index (Phi) is 5.85. The number of hydrogen-bond acceptors (Lipinski definition) is 3. The number of hydrogen-bond donors (Lipinski definition) is 1. The van der Waals surface area contributed by atoms with Crippen molar-refractivity contribution in [2.75, 3.05) is 22.4 Å². The fourth-order valence-corrected chi connectivity index (χ4v) is 3.55. The molecule has 0 radical (unpaired) electrons. The minimum absolute atomic E-state index is 0.263. The molecular formula is C19H24N2O3S. The fourth-order valence-electron chi connectivity index (χ4n) is 2.64. The van der Waals surface area contributed by atoms with Crippen LogP contribution >= 0.6 is 0 Å². The molecule has 2 rings (SSSR count). The minimum Gasteiger partial charge on any atom is -0.324 e. The van der Waals surface area contributed by atoms with E-state index in [4.69, 9.17) is 0 Å². The third kappa shape index (κ3) is 4.82. The highest BCUT2D eigenvalue weighted by atomic mass is 32.2. The van der Waals surface area contributed by atoms with Gasteiger partial charge in [0.05, 0.1) is 11.9 Å². The number of carbonyl (C=O) groups excluding carboxylic acids is 1. The van der Waals surface area contributed by atoms with Gasteiger partial charge in [-0.05, 0) is 49.1 Å². The number of para-hydroxylation sites is 1. The number of amides is 1. The largest absolute Gasteiger partial charge is 0.324 e. The van der Waals surface area contributed by atoms with Gasteiger partial charge in [-0.1, -0.05) is 37.3 Å². The van der Waals surface area contributed by atoms with Gasteiger partial charge >= 0.3 is 0 Å². The highest BCUT2D eigenvalue weighted by Crippen LogP contribution is 2.24. The van der Waals surface area contributed by atoms with Crippen LogP contribution in [0.4, 0.5) is 11.4 Å². The molecule has 0 aliphatic rings. The molecule has 0 saturated heterocycles. The van der Waals surface area contributed by atoms with Gasteiger partial charge in [-0.15, -0.1) is 0 Å². The molecule has 0 heterocycles. The molecule has 6 heteroatoms. The monoisotopic (exact) mass is 360 g/mol. The van der Waals surface area contributed by atoms with E-state index in [1.54, 1.807) is 6.07 Å². The van der Waals surface area contributed by atoms with E-state index in [0.29, 0.717) is 11.4 Å². The van der Waals surface area contributed by atoms with Gasteiger partial charge in [-0.3, -0.25) is 9.10 Å². The van der Waals surface area contributed by atoms with Crippen molar-refractivity contribution < 1.29 is 13.2 Å². The van der Waals surface area contributed by atoms with Crippen LogP contribution in [-0.4, -0.2) is 27.1 Å². The second-order valence-electron chi connectivity index (χ2n) is 6.12. The molecule has 0 atom stereocenters. The third-order valence-electron chi connectivity index (χ3n) is 3.99. The van der Waals surface area contributed by atoms with Gasteiger partial charge in [-0.2, -0.15) is 0 Å². The number of nitrogens with zero attached hydrogens (tertiary/aromatic N) is 1. The Bertz CT molecular complexity index is 876. The molecular weight excluding hydrogens is 336 g/mol. The van der Waals surface area contributed by atoms with E-state index in [0.717, 1.165) is 33.7 Å². The first kappa shape index (κ1) is 19.0. The summed E-state index contributed by atoms with van der Waals surface area (Å²) >= 11 is 0. The van der Waals surface area contributed by atoms with Crippen LogP contribution in [0.2, 0.25) is 0 Å². The quantitative estimate of drug-likeness (QED) is 0.860. The lowest BCUT2D eigenvalue weighted by molar-refractivity contribution is -0.114. The molecule has 0 aromatic heterocycles. The molecule has 134 valence electrons. The predicted molar refractivity (Wildman–Crippen MR) is 103 cm³/mol. The summed E-state index contributed by atoms with van der Waals surface area (Å²) in [7, 11) is -3.59. The lowest BCUT2D eigenvalue weighted by atomic mass is 10.1. The Balaban J connectivity index is 2.29. The SMILES string of the molecule is CCc1ccccc1NC(=O)CN(c1cc(C)ccc1C)S(C)(=O)=O. The van der Waals surface area contributed by atoms with Crippen molar-refractivity contribution in [3.8, 4) is 0 Å². The molecule has 0 bridgehead atoms. The second kappa shape index (κ2) is 7.70. The number of rotatable bonds is 6. The highest BCUT2D eigenvalue weighted by molar-refractivity contribution is 7.92. The molecule has 0 unspecified atom stereocenters. The molecule has 0 saturated carbocycles. The van der Waals surface area contributed by atoms with Gasteiger partial charge in [0.25, 0.3) is 0 Å². The number of aryl methyl sites for hydroxylation is 3. The van der Waals surface area contributed by atoms with Crippen molar-refractivity contribution in [3.63, 3.8) is 0 Å². The number of anilines is 2. The summed E-state index contributed by atoms with van der Waals surface area (Å²) in [6.45, 7) is 5.46. The molecule has 0 fully saturated rings. The Morgan fingerprint density at radius 1 is 1.12 bits per heavy atom. The summed E-state index contributed by atoms with van der Waals surface area (Å²) < 4.78 is 25.7. The summed E-state index contributed by atoms with van der Waals surface area (Å²) in [5.74, 6) is -0.368. The van der Waals surface area contributed by atoms with Crippen molar-refractivity contribution in [1.29, 1.82) is 0 Å². The topological polar surface area (TPSA) is 66.5 Å². The first-order valence-electron chi connectivity index (χ1n) is 8.15. The van der Waals surface area contributed by atoms with Crippen LogP contribution in [0.15, 0.2) is 42.5 Å². The van der Waals surface area contributed by atoms with Crippen LogP contribution in [0.1, 0.15) is 23.6 Å². The molecule has 0 aliphatic heterocycles. The van der Waals surface area contributed by atoms with Crippen LogP contribution < -0.4 is 9.62 Å². The highest BCUT2D eigenvalue weighted by Gasteiger charge is 2.22.